The quantitative estimate of drug-likeness (QED) is 0.501. The Kier molecular flexibility index (Phi) is 7.08. The summed E-state index contributed by atoms with van der Waals surface area (Å²) in [6.45, 7) is 4.78. The highest BCUT2D eigenvalue weighted by molar-refractivity contribution is 7.87. The van der Waals surface area contributed by atoms with E-state index in [1.807, 2.05) is 13.8 Å². The predicted molar refractivity (Wildman–Crippen MR) is 56.1 cm³/mol. The molecule has 5 nitrogen and oxygen atoms in total. The highest BCUT2D eigenvalue weighted by Gasteiger charge is 2.08. The molecule has 0 saturated heterocycles. The second-order valence-electron chi connectivity index (χ2n) is 3.57. The van der Waals surface area contributed by atoms with E-state index in [9.17, 15) is 8.42 Å². The molecule has 0 amide bonds. The van der Waals surface area contributed by atoms with Gasteiger partial charge in [-0.05, 0) is 18.8 Å². The van der Waals surface area contributed by atoms with Crippen LogP contribution in [0.15, 0.2) is 0 Å². The van der Waals surface area contributed by atoms with Gasteiger partial charge in [-0.3, -0.25) is 0 Å². The molecule has 14 heavy (non-hydrogen) atoms. The van der Waals surface area contributed by atoms with Crippen molar-refractivity contribution < 1.29 is 13.5 Å². The summed E-state index contributed by atoms with van der Waals surface area (Å²) in [6.07, 6.45) is 1.27. The highest BCUT2D eigenvalue weighted by atomic mass is 32.2. The molecule has 0 rings (SSSR count). The van der Waals surface area contributed by atoms with Crippen molar-refractivity contribution in [1.29, 1.82) is 0 Å². The fraction of sp³-hybridized carbons (Fsp3) is 1.00. The van der Waals surface area contributed by atoms with Crippen LogP contribution >= 0.6 is 0 Å². The summed E-state index contributed by atoms with van der Waals surface area (Å²) in [7, 11) is -3.34. The summed E-state index contributed by atoms with van der Waals surface area (Å²) in [6, 6.07) is 0. The van der Waals surface area contributed by atoms with E-state index in [1.165, 1.54) is 0 Å². The van der Waals surface area contributed by atoms with Crippen LogP contribution in [-0.4, -0.2) is 33.2 Å². The van der Waals surface area contributed by atoms with Crippen molar-refractivity contribution in [1.82, 2.24) is 9.44 Å². The molecule has 0 aliphatic heterocycles. The first kappa shape index (κ1) is 13.8. The first-order valence-corrected chi connectivity index (χ1v) is 6.31. The minimum Gasteiger partial charge on any atom is -0.396 e. The number of hydrogen-bond acceptors (Lipinski definition) is 3. The number of nitrogens with one attached hydrogen (secondary N) is 2. The normalized spacial score (nSPS) is 12.3. The maximum Gasteiger partial charge on any atom is 0.276 e. The molecule has 0 saturated carbocycles. The lowest BCUT2D eigenvalue weighted by Gasteiger charge is -2.09. The number of hydrogen-bond donors (Lipinski definition) is 3. The van der Waals surface area contributed by atoms with Gasteiger partial charge in [-0.1, -0.05) is 13.8 Å². The third-order valence-electron chi connectivity index (χ3n) is 1.56. The van der Waals surface area contributed by atoms with Crippen LogP contribution in [0.3, 0.4) is 0 Å². The molecule has 0 aliphatic carbocycles. The fourth-order valence-corrected chi connectivity index (χ4v) is 1.84. The molecular formula is C8H20N2O3S. The third-order valence-corrected chi connectivity index (χ3v) is 2.69. The van der Waals surface area contributed by atoms with Gasteiger partial charge in [0.1, 0.15) is 0 Å². The molecule has 0 atom stereocenters. The first-order chi connectivity index (χ1) is 6.48. The predicted octanol–water partition coefficient (Wildman–Crippen LogP) is -0.161. The first-order valence-electron chi connectivity index (χ1n) is 4.83. The molecule has 0 aromatic carbocycles. The SMILES string of the molecule is CC(C)CNS(=O)(=O)NCCCCO. The van der Waals surface area contributed by atoms with Crippen molar-refractivity contribution in [2.75, 3.05) is 19.7 Å². The summed E-state index contributed by atoms with van der Waals surface area (Å²) in [5.74, 6) is 0.295. The Morgan fingerprint density at radius 2 is 1.86 bits per heavy atom. The van der Waals surface area contributed by atoms with Crippen molar-refractivity contribution in [3.63, 3.8) is 0 Å². The summed E-state index contributed by atoms with van der Waals surface area (Å²) in [5.41, 5.74) is 0. The van der Waals surface area contributed by atoms with E-state index in [4.69, 9.17) is 5.11 Å². The van der Waals surface area contributed by atoms with Crippen molar-refractivity contribution in [3.8, 4) is 0 Å². The smallest absolute Gasteiger partial charge is 0.276 e. The summed E-state index contributed by atoms with van der Waals surface area (Å²) >= 11 is 0. The number of aliphatic hydroxyl groups excluding tert-OH is 1. The van der Waals surface area contributed by atoms with E-state index in [0.29, 0.717) is 31.8 Å². The van der Waals surface area contributed by atoms with Crippen molar-refractivity contribution in [3.05, 3.63) is 0 Å². The second kappa shape index (κ2) is 7.17. The van der Waals surface area contributed by atoms with Gasteiger partial charge in [0.15, 0.2) is 0 Å². The lowest BCUT2D eigenvalue weighted by atomic mass is 10.2. The van der Waals surface area contributed by atoms with Gasteiger partial charge >= 0.3 is 0 Å². The molecule has 0 spiro atoms. The summed E-state index contributed by atoms with van der Waals surface area (Å²) in [5, 5.41) is 8.48. The molecule has 0 bridgehead atoms. The van der Waals surface area contributed by atoms with Crippen LogP contribution in [0.5, 0.6) is 0 Å². The number of rotatable bonds is 8. The third kappa shape index (κ3) is 8.43. The molecule has 0 aromatic rings. The molecule has 0 heterocycles. The molecule has 0 radical (unpaired) electrons. The molecule has 3 N–H and O–H groups in total. The van der Waals surface area contributed by atoms with Gasteiger partial charge < -0.3 is 5.11 Å². The second-order valence-corrected chi connectivity index (χ2v) is 5.16. The van der Waals surface area contributed by atoms with Gasteiger partial charge in [-0.25, -0.2) is 9.44 Å². The summed E-state index contributed by atoms with van der Waals surface area (Å²) in [4.78, 5) is 0. The van der Waals surface area contributed by atoms with Gasteiger partial charge in [-0.15, -0.1) is 0 Å². The van der Waals surface area contributed by atoms with Gasteiger partial charge in [0.2, 0.25) is 0 Å². The number of aliphatic hydroxyl groups is 1. The van der Waals surface area contributed by atoms with E-state index in [-0.39, 0.29) is 6.61 Å². The van der Waals surface area contributed by atoms with E-state index in [1.54, 1.807) is 0 Å². The fourth-order valence-electron chi connectivity index (χ4n) is 0.771. The maximum absolute atomic E-state index is 11.2. The van der Waals surface area contributed by atoms with Crippen LogP contribution in [0, 0.1) is 5.92 Å². The maximum atomic E-state index is 11.2. The van der Waals surface area contributed by atoms with E-state index in [0.717, 1.165) is 0 Å². The molecule has 0 aliphatic rings. The lowest BCUT2D eigenvalue weighted by Crippen LogP contribution is -2.38. The van der Waals surface area contributed by atoms with Crippen LogP contribution in [0.25, 0.3) is 0 Å². The standard InChI is InChI=1S/C8H20N2O3S/c1-8(2)7-10-14(12,13)9-5-3-4-6-11/h8-11H,3-7H2,1-2H3. The van der Waals surface area contributed by atoms with Gasteiger partial charge in [0, 0.05) is 19.7 Å². The monoisotopic (exact) mass is 224 g/mol. The van der Waals surface area contributed by atoms with E-state index >= 15 is 0 Å². The summed E-state index contributed by atoms with van der Waals surface area (Å²) < 4.78 is 27.3. The Balaban J connectivity index is 3.62. The van der Waals surface area contributed by atoms with Crippen LogP contribution in [0.1, 0.15) is 26.7 Å². The van der Waals surface area contributed by atoms with Crippen molar-refractivity contribution in [2.24, 2.45) is 5.92 Å². The average molecular weight is 224 g/mol. The largest absolute Gasteiger partial charge is 0.396 e. The zero-order chi connectivity index (χ0) is 11.0. The van der Waals surface area contributed by atoms with Gasteiger partial charge in [0.25, 0.3) is 10.2 Å². The van der Waals surface area contributed by atoms with Gasteiger partial charge in [0.05, 0.1) is 0 Å². The minimum atomic E-state index is -3.34. The van der Waals surface area contributed by atoms with Crippen LogP contribution in [0.2, 0.25) is 0 Å². The molecular weight excluding hydrogens is 204 g/mol. The average Bonchev–Trinajstić information content (AvgIpc) is 2.10. The highest BCUT2D eigenvalue weighted by Crippen LogP contribution is 1.90. The molecule has 86 valence electrons. The Morgan fingerprint density at radius 1 is 1.21 bits per heavy atom. The Bertz CT molecular complexity index is 227. The van der Waals surface area contributed by atoms with Crippen LogP contribution in [0.4, 0.5) is 0 Å². The van der Waals surface area contributed by atoms with Gasteiger partial charge in [-0.2, -0.15) is 8.42 Å². The molecule has 6 heteroatoms. The van der Waals surface area contributed by atoms with Crippen molar-refractivity contribution in [2.45, 2.75) is 26.7 Å². The van der Waals surface area contributed by atoms with Crippen LogP contribution < -0.4 is 9.44 Å². The Labute approximate surface area is 86.1 Å². The molecule has 0 unspecified atom stereocenters. The molecule has 0 aromatic heterocycles. The van der Waals surface area contributed by atoms with E-state index < -0.39 is 10.2 Å². The topological polar surface area (TPSA) is 78.4 Å². The zero-order valence-corrected chi connectivity index (χ0v) is 9.60. The number of unbranched alkanes of at least 4 members (excludes halogenated alkanes) is 1. The van der Waals surface area contributed by atoms with Crippen molar-refractivity contribution >= 4 is 10.2 Å². The lowest BCUT2D eigenvalue weighted by molar-refractivity contribution is 0.285. The van der Waals surface area contributed by atoms with Crippen LogP contribution in [-0.2, 0) is 10.2 Å². The zero-order valence-electron chi connectivity index (χ0n) is 8.78. The van der Waals surface area contributed by atoms with E-state index in [2.05, 4.69) is 9.44 Å². The Hall–Kier alpha value is -0.170. The Morgan fingerprint density at radius 3 is 2.36 bits per heavy atom. The molecule has 0 fully saturated rings. The minimum absolute atomic E-state index is 0.0984.